The van der Waals surface area contributed by atoms with Crippen LogP contribution in [-0.4, -0.2) is 81.7 Å². The van der Waals surface area contributed by atoms with Gasteiger partial charge in [-0.3, -0.25) is 28.8 Å². The summed E-state index contributed by atoms with van der Waals surface area (Å²) in [5.41, 5.74) is 16.8. The zero-order chi connectivity index (χ0) is 48.0. The summed E-state index contributed by atoms with van der Waals surface area (Å²) < 4.78 is 0. The molecule has 0 aliphatic rings. The average Bonchev–Trinajstić information content (AvgIpc) is 3.91. The van der Waals surface area contributed by atoms with E-state index in [0.29, 0.717) is 6.42 Å². The number of benzene rings is 4. The first-order valence-corrected chi connectivity index (χ1v) is 22.9. The van der Waals surface area contributed by atoms with Gasteiger partial charge in [-0.1, -0.05) is 125 Å². The smallest absolute Gasteiger partial charge is 0.243 e. The van der Waals surface area contributed by atoms with E-state index in [0.717, 1.165) is 44.1 Å². The molecule has 6 rings (SSSR count). The maximum atomic E-state index is 14.8. The van der Waals surface area contributed by atoms with Crippen molar-refractivity contribution < 1.29 is 28.8 Å². The third-order valence-electron chi connectivity index (χ3n) is 11.7. The van der Waals surface area contributed by atoms with Crippen molar-refractivity contribution >= 4 is 57.2 Å². The predicted molar refractivity (Wildman–Crippen MR) is 260 cm³/mol. The fourth-order valence-electron chi connectivity index (χ4n) is 8.27. The molecule has 0 unspecified atom stereocenters. The summed E-state index contributed by atoms with van der Waals surface area (Å²) in [4.78, 5) is 90.5. The number of aromatic nitrogens is 2. The second kappa shape index (κ2) is 23.3. The van der Waals surface area contributed by atoms with Crippen LogP contribution in [0.1, 0.15) is 62.8 Å². The molecule has 0 saturated carbocycles. The molecule has 4 aromatic carbocycles. The van der Waals surface area contributed by atoms with Gasteiger partial charge < -0.3 is 48.0 Å². The molecular weight excluding hydrogens is 847 g/mol. The van der Waals surface area contributed by atoms with Crippen LogP contribution in [0.15, 0.2) is 122 Å². The van der Waals surface area contributed by atoms with Crippen LogP contribution in [0, 0.1) is 11.8 Å². The second-order valence-corrected chi connectivity index (χ2v) is 18.1. The molecule has 15 nitrogen and oxygen atoms in total. The van der Waals surface area contributed by atoms with Crippen molar-refractivity contribution in [1.82, 2.24) is 36.6 Å². The van der Waals surface area contributed by atoms with Crippen LogP contribution in [0.3, 0.4) is 0 Å². The number of hydrogen-bond donors (Lipinski definition) is 9. The van der Waals surface area contributed by atoms with Gasteiger partial charge in [0, 0.05) is 53.5 Å². The molecular formula is C52H63N9O6. The number of aromatic amines is 2. The van der Waals surface area contributed by atoms with Gasteiger partial charge in [-0.2, -0.15) is 0 Å². The Balaban J connectivity index is 1.30. The van der Waals surface area contributed by atoms with Crippen LogP contribution in [-0.2, 0) is 54.5 Å². The summed E-state index contributed by atoms with van der Waals surface area (Å²) in [7, 11) is 0. The topological polar surface area (TPSA) is 246 Å². The summed E-state index contributed by atoms with van der Waals surface area (Å²) in [5, 5.41) is 16.0. The normalized spacial score (nSPS) is 14.1. The minimum Gasteiger partial charge on any atom is -0.368 e. The van der Waals surface area contributed by atoms with Crippen LogP contribution in [0.25, 0.3) is 21.8 Å². The molecule has 0 fully saturated rings. The quantitative estimate of drug-likeness (QED) is 0.0452. The number of carbonyl (C=O) groups is 6. The zero-order valence-electron chi connectivity index (χ0n) is 38.5. The average molecular weight is 910 g/mol. The number of rotatable bonds is 23. The highest BCUT2D eigenvalue weighted by atomic mass is 16.2. The first-order valence-electron chi connectivity index (χ1n) is 22.9. The molecule has 67 heavy (non-hydrogen) atoms. The van der Waals surface area contributed by atoms with Crippen molar-refractivity contribution in [3.05, 3.63) is 144 Å². The molecule has 0 saturated heterocycles. The Kier molecular flexibility index (Phi) is 17.1. The van der Waals surface area contributed by atoms with Gasteiger partial charge >= 0.3 is 0 Å². The van der Waals surface area contributed by atoms with E-state index < -0.39 is 71.7 Å². The molecule has 2 heterocycles. The third-order valence-corrected chi connectivity index (χ3v) is 11.7. The minimum absolute atomic E-state index is 0.0133. The highest BCUT2D eigenvalue weighted by molar-refractivity contribution is 5.97. The van der Waals surface area contributed by atoms with Crippen molar-refractivity contribution in [2.45, 2.75) is 102 Å². The Labute approximate surface area is 391 Å². The van der Waals surface area contributed by atoms with Crippen molar-refractivity contribution in [2.75, 3.05) is 0 Å². The second-order valence-electron chi connectivity index (χ2n) is 18.1. The summed E-state index contributed by atoms with van der Waals surface area (Å²) in [6.45, 7) is 7.62. The van der Waals surface area contributed by atoms with Crippen LogP contribution in [0.2, 0.25) is 0 Å². The van der Waals surface area contributed by atoms with E-state index in [2.05, 4.69) is 36.6 Å². The monoisotopic (exact) mass is 909 g/mol. The summed E-state index contributed by atoms with van der Waals surface area (Å²) in [5.74, 6) is -3.78. The molecule has 352 valence electrons. The van der Waals surface area contributed by atoms with E-state index in [1.54, 1.807) is 12.4 Å². The molecule has 11 N–H and O–H groups in total. The molecule has 15 heteroatoms. The zero-order valence-corrected chi connectivity index (χ0v) is 38.5. The largest absolute Gasteiger partial charge is 0.368 e. The number of amides is 6. The maximum Gasteiger partial charge on any atom is 0.243 e. The van der Waals surface area contributed by atoms with Crippen LogP contribution in [0.4, 0.5) is 0 Å². The molecule has 6 amide bonds. The lowest BCUT2D eigenvalue weighted by Crippen LogP contribution is -2.60. The molecule has 0 aliphatic heterocycles. The molecule has 0 bridgehead atoms. The highest BCUT2D eigenvalue weighted by Crippen LogP contribution is 2.22. The number of H-pyrrole nitrogens is 2. The van der Waals surface area contributed by atoms with Crippen molar-refractivity contribution in [2.24, 2.45) is 23.3 Å². The first-order chi connectivity index (χ1) is 32.1. The van der Waals surface area contributed by atoms with E-state index in [1.165, 1.54) is 0 Å². The van der Waals surface area contributed by atoms with Gasteiger partial charge in [0.25, 0.3) is 0 Å². The summed E-state index contributed by atoms with van der Waals surface area (Å²) in [6, 6.07) is 26.9. The van der Waals surface area contributed by atoms with Crippen LogP contribution in [0.5, 0.6) is 0 Å². The number of nitrogens with two attached hydrogens (primary N) is 2. The molecule has 0 spiro atoms. The SMILES string of the molecule is CC(C)C[C@H](NC(=O)[C@H](CC(C)C)NC(=O)[C@@H](Cc1c[nH]c2ccccc12)NC(=O)[C@H](Cc1ccccc1)NC(=O)[C@@H](Cc1c[nH]c2ccccc12)NC(=O)[C@@H](N)Cc1ccccc1)C(N)=O. The predicted octanol–water partition coefficient (Wildman–Crippen LogP) is 4.25. The Bertz CT molecular complexity index is 2630. The maximum absolute atomic E-state index is 14.8. The van der Waals surface area contributed by atoms with E-state index in [9.17, 15) is 28.8 Å². The van der Waals surface area contributed by atoms with E-state index in [-0.39, 0.29) is 43.9 Å². The molecule has 0 aliphatic carbocycles. The lowest BCUT2D eigenvalue weighted by atomic mass is 9.98. The first kappa shape index (κ1) is 49.2. The fraction of sp³-hybridized carbons (Fsp3) is 0.346. The van der Waals surface area contributed by atoms with Gasteiger partial charge in [0.1, 0.15) is 30.2 Å². The van der Waals surface area contributed by atoms with Gasteiger partial charge in [0.15, 0.2) is 0 Å². The standard InChI is InChI=1S/C52H63N9O6/c1-31(2)23-42(47(54)62)57-49(64)43(24-32(3)4)59-52(67)46(28-36-30-56-41-22-14-12-20-38(36)41)61-50(65)44(26-34-17-9-6-10-18-34)60-51(66)45(27-35-29-55-40-21-13-11-19-37(35)40)58-48(63)39(53)25-33-15-7-5-8-16-33/h5-22,29-32,39,42-46,55-56H,23-28,53H2,1-4H3,(H2,54,62)(H,57,64)(H,58,63)(H,59,67)(H,60,66)(H,61,65)/t39-,42-,43-,44-,45+,46+/m0/s1. The molecule has 0 radical (unpaired) electrons. The van der Waals surface area contributed by atoms with Crippen LogP contribution >= 0.6 is 0 Å². The molecule has 2 aromatic heterocycles. The van der Waals surface area contributed by atoms with Gasteiger partial charge in [-0.25, -0.2) is 0 Å². The van der Waals surface area contributed by atoms with E-state index >= 15 is 0 Å². The molecule has 6 atom stereocenters. The van der Waals surface area contributed by atoms with Crippen molar-refractivity contribution in [3.63, 3.8) is 0 Å². The van der Waals surface area contributed by atoms with Gasteiger partial charge in [-0.15, -0.1) is 0 Å². The van der Waals surface area contributed by atoms with Gasteiger partial charge in [0.2, 0.25) is 35.4 Å². The van der Waals surface area contributed by atoms with Crippen LogP contribution < -0.4 is 38.1 Å². The van der Waals surface area contributed by atoms with Crippen molar-refractivity contribution in [3.8, 4) is 0 Å². The van der Waals surface area contributed by atoms with Gasteiger partial charge in [-0.05, 0) is 65.5 Å². The number of nitrogens with one attached hydrogen (secondary N) is 7. The number of para-hydroxylation sites is 2. The fourth-order valence-corrected chi connectivity index (χ4v) is 8.27. The Hall–Kier alpha value is -7.26. The molecule has 6 aromatic rings. The van der Waals surface area contributed by atoms with E-state index in [4.69, 9.17) is 11.5 Å². The lowest BCUT2D eigenvalue weighted by Gasteiger charge is -2.28. The summed E-state index contributed by atoms with van der Waals surface area (Å²) in [6.07, 6.45) is 4.43. The number of fused-ring (bicyclic) bond motifs is 2. The lowest BCUT2D eigenvalue weighted by molar-refractivity contribution is -0.135. The Morgan fingerprint density at radius 2 is 0.806 bits per heavy atom. The number of hydrogen-bond acceptors (Lipinski definition) is 7. The number of primary amides is 1. The van der Waals surface area contributed by atoms with E-state index in [1.807, 2.05) is 137 Å². The third kappa shape index (κ3) is 13.9. The van der Waals surface area contributed by atoms with Crippen molar-refractivity contribution in [1.29, 1.82) is 0 Å². The Morgan fingerprint density at radius 3 is 1.27 bits per heavy atom. The Morgan fingerprint density at radius 1 is 0.448 bits per heavy atom. The summed E-state index contributed by atoms with van der Waals surface area (Å²) >= 11 is 0. The van der Waals surface area contributed by atoms with Gasteiger partial charge in [0.05, 0.1) is 6.04 Å². The minimum atomic E-state index is -1.25. The highest BCUT2D eigenvalue weighted by Gasteiger charge is 2.34. The number of carbonyl (C=O) groups excluding carboxylic acids is 6.